The molecular weight excluding hydrogens is 406 g/mol. The molecule has 1 aromatic heterocycles. The van der Waals surface area contributed by atoms with E-state index in [2.05, 4.69) is 15.7 Å². The Morgan fingerprint density at radius 1 is 1.10 bits per heavy atom. The smallest absolute Gasteiger partial charge is 0.254 e. The lowest BCUT2D eigenvalue weighted by atomic mass is 10.2. The van der Waals surface area contributed by atoms with Gasteiger partial charge in [-0.1, -0.05) is 6.07 Å². The van der Waals surface area contributed by atoms with Crippen LogP contribution in [-0.4, -0.2) is 34.7 Å². The van der Waals surface area contributed by atoms with Gasteiger partial charge in [0, 0.05) is 43.2 Å². The third-order valence-corrected chi connectivity index (χ3v) is 4.31. The van der Waals surface area contributed by atoms with Crippen molar-refractivity contribution in [1.82, 2.24) is 15.1 Å². The molecular formula is C22H22F2N4O3. The first-order chi connectivity index (χ1) is 15.0. The molecule has 0 radical (unpaired) electrons. The summed E-state index contributed by atoms with van der Waals surface area (Å²) in [5.74, 6) is -1.94. The first-order valence-electron chi connectivity index (χ1n) is 9.74. The van der Waals surface area contributed by atoms with E-state index < -0.39 is 17.5 Å². The van der Waals surface area contributed by atoms with Crippen molar-refractivity contribution >= 4 is 17.5 Å². The molecule has 0 fully saturated rings. The van der Waals surface area contributed by atoms with Crippen LogP contribution in [0.4, 0.5) is 14.5 Å². The average Bonchev–Trinajstić information content (AvgIpc) is 3.25. The van der Waals surface area contributed by atoms with E-state index in [1.807, 2.05) is 12.3 Å². The number of anilines is 1. The van der Waals surface area contributed by atoms with Crippen LogP contribution in [0.2, 0.25) is 0 Å². The number of carbonyl (C=O) groups is 2. The number of carbonyl (C=O) groups excluding carboxylic acids is 2. The van der Waals surface area contributed by atoms with Gasteiger partial charge >= 0.3 is 0 Å². The molecule has 2 amide bonds. The molecule has 0 unspecified atom stereocenters. The molecule has 0 aliphatic heterocycles. The van der Waals surface area contributed by atoms with Gasteiger partial charge < -0.3 is 15.4 Å². The Hall–Kier alpha value is -3.75. The standard InChI is InChI=1S/C22H22F2N4O3/c23-16-7-8-19(20(24)14-16)22(30)25-9-2-6-21(29)27-17-4-1-5-18(15-17)31-13-12-28-11-3-10-26-28/h1,3-5,7-8,10-11,14-15H,2,6,9,12-13H2,(H,25,30)(H,27,29). The molecule has 2 aromatic carbocycles. The molecule has 0 aliphatic rings. The minimum Gasteiger partial charge on any atom is -0.492 e. The van der Waals surface area contributed by atoms with Gasteiger partial charge in [0.1, 0.15) is 24.0 Å². The molecule has 0 atom stereocenters. The highest BCUT2D eigenvalue weighted by Gasteiger charge is 2.12. The van der Waals surface area contributed by atoms with Gasteiger partial charge in [-0.05, 0) is 36.8 Å². The number of rotatable bonds is 10. The van der Waals surface area contributed by atoms with E-state index in [1.54, 1.807) is 35.1 Å². The Bertz CT molecular complexity index is 1030. The van der Waals surface area contributed by atoms with Crippen LogP contribution in [0, 0.1) is 11.6 Å². The number of halogens is 2. The predicted octanol–water partition coefficient (Wildman–Crippen LogP) is 3.39. The van der Waals surface area contributed by atoms with Gasteiger partial charge in [-0.2, -0.15) is 5.10 Å². The summed E-state index contributed by atoms with van der Waals surface area (Å²) in [5.41, 5.74) is 0.356. The van der Waals surface area contributed by atoms with Gasteiger partial charge in [0.2, 0.25) is 5.91 Å². The van der Waals surface area contributed by atoms with Gasteiger partial charge in [-0.3, -0.25) is 14.3 Å². The highest BCUT2D eigenvalue weighted by molar-refractivity contribution is 5.94. The lowest BCUT2D eigenvalue weighted by Crippen LogP contribution is -2.26. The summed E-state index contributed by atoms with van der Waals surface area (Å²) in [4.78, 5) is 24.0. The third kappa shape index (κ3) is 6.91. The molecule has 0 saturated heterocycles. The second-order valence-corrected chi connectivity index (χ2v) is 6.68. The summed E-state index contributed by atoms with van der Waals surface area (Å²) in [7, 11) is 0. The zero-order valence-corrected chi connectivity index (χ0v) is 16.7. The van der Waals surface area contributed by atoms with Crippen molar-refractivity contribution in [3.05, 3.63) is 78.1 Å². The van der Waals surface area contributed by atoms with Crippen molar-refractivity contribution in [1.29, 1.82) is 0 Å². The van der Waals surface area contributed by atoms with Crippen molar-refractivity contribution in [2.45, 2.75) is 19.4 Å². The van der Waals surface area contributed by atoms with Gasteiger partial charge in [-0.25, -0.2) is 8.78 Å². The van der Waals surface area contributed by atoms with Crippen LogP contribution in [0.15, 0.2) is 60.9 Å². The van der Waals surface area contributed by atoms with Crippen molar-refractivity contribution in [3.8, 4) is 5.75 Å². The second-order valence-electron chi connectivity index (χ2n) is 6.68. The summed E-state index contributed by atoms with van der Waals surface area (Å²) in [6.45, 7) is 1.23. The van der Waals surface area contributed by atoms with Crippen molar-refractivity contribution in [3.63, 3.8) is 0 Å². The maximum Gasteiger partial charge on any atom is 0.254 e. The Balaban J connectivity index is 1.37. The predicted molar refractivity (Wildman–Crippen MR) is 111 cm³/mol. The lowest BCUT2D eigenvalue weighted by molar-refractivity contribution is -0.116. The van der Waals surface area contributed by atoms with Gasteiger partial charge in [0.15, 0.2) is 0 Å². The first kappa shape index (κ1) is 21.9. The molecule has 3 aromatic rings. The summed E-state index contributed by atoms with van der Waals surface area (Å²) in [5, 5.41) is 9.38. The molecule has 0 saturated carbocycles. The Morgan fingerprint density at radius 3 is 2.74 bits per heavy atom. The fraction of sp³-hybridized carbons (Fsp3) is 0.227. The minimum atomic E-state index is -0.929. The highest BCUT2D eigenvalue weighted by atomic mass is 19.1. The SMILES string of the molecule is O=C(CCCNC(=O)c1ccc(F)cc1F)Nc1cccc(OCCn2cccn2)c1. The normalized spacial score (nSPS) is 10.5. The summed E-state index contributed by atoms with van der Waals surface area (Å²) in [6, 6.07) is 11.6. The monoisotopic (exact) mass is 428 g/mol. The summed E-state index contributed by atoms with van der Waals surface area (Å²) < 4.78 is 33.9. The van der Waals surface area contributed by atoms with E-state index in [-0.39, 0.29) is 24.4 Å². The number of aromatic nitrogens is 2. The maximum atomic E-state index is 13.6. The largest absolute Gasteiger partial charge is 0.492 e. The number of hydrogen-bond acceptors (Lipinski definition) is 4. The van der Waals surface area contributed by atoms with Crippen molar-refractivity contribution in [2.24, 2.45) is 0 Å². The molecule has 3 rings (SSSR count). The number of hydrogen-bond donors (Lipinski definition) is 2. The van der Waals surface area contributed by atoms with E-state index in [0.717, 1.165) is 12.1 Å². The molecule has 162 valence electrons. The minimum absolute atomic E-state index is 0.163. The van der Waals surface area contributed by atoms with Crippen LogP contribution in [0.1, 0.15) is 23.2 Å². The van der Waals surface area contributed by atoms with E-state index in [1.165, 1.54) is 0 Å². The van der Waals surface area contributed by atoms with Crippen LogP contribution in [0.3, 0.4) is 0 Å². The Labute approximate surface area is 178 Å². The molecule has 2 N–H and O–H groups in total. The zero-order valence-electron chi connectivity index (χ0n) is 16.7. The van der Waals surface area contributed by atoms with E-state index in [4.69, 9.17) is 4.74 Å². The van der Waals surface area contributed by atoms with E-state index in [9.17, 15) is 18.4 Å². The second kappa shape index (κ2) is 10.9. The van der Waals surface area contributed by atoms with E-state index >= 15 is 0 Å². The van der Waals surface area contributed by atoms with Crippen LogP contribution >= 0.6 is 0 Å². The van der Waals surface area contributed by atoms with Crippen LogP contribution < -0.4 is 15.4 Å². The average molecular weight is 428 g/mol. The van der Waals surface area contributed by atoms with Gasteiger partial charge in [0.25, 0.3) is 5.91 Å². The molecule has 0 aliphatic carbocycles. The Morgan fingerprint density at radius 2 is 1.97 bits per heavy atom. The highest BCUT2D eigenvalue weighted by Crippen LogP contribution is 2.17. The summed E-state index contributed by atoms with van der Waals surface area (Å²) in [6.07, 6.45) is 4.07. The Kier molecular flexibility index (Phi) is 7.69. The fourth-order valence-electron chi connectivity index (χ4n) is 2.80. The van der Waals surface area contributed by atoms with Gasteiger partial charge in [0.05, 0.1) is 12.1 Å². The van der Waals surface area contributed by atoms with E-state index in [0.29, 0.717) is 37.1 Å². The number of nitrogens with one attached hydrogen (secondary N) is 2. The molecule has 0 bridgehead atoms. The molecule has 0 spiro atoms. The first-order valence-corrected chi connectivity index (χ1v) is 9.74. The van der Waals surface area contributed by atoms with Crippen LogP contribution in [0.5, 0.6) is 5.75 Å². The zero-order chi connectivity index (χ0) is 22.1. The number of ether oxygens (including phenoxy) is 1. The number of amides is 2. The van der Waals surface area contributed by atoms with Crippen LogP contribution in [0.25, 0.3) is 0 Å². The third-order valence-electron chi connectivity index (χ3n) is 4.31. The molecule has 31 heavy (non-hydrogen) atoms. The molecule has 1 heterocycles. The summed E-state index contributed by atoms with van der Waals surface area (Å²) >= 11 is 0. The topological polar surface area (TPSA) is 85.3 Å². The molecule has 7 nitrogen and oxygen atoms in total. The fourth-order valence-corrected chi connectivity index (χ4v) is 2.80. The van der Waals surface area contributed by atoms with Gasteiger partial charge in [-0.15, -0.1) is 0 Å². The van der Waals surface area contributed by atoms with Crippen molar-refractivity contribution < 1.29 is 23.1 Å². The maximum absolute atomic E-state index is 13.6. The lowest BCUT2D eigenvalue weighted by Gasteiger charge is -2.10. The number of nitrogens with zero attached hydrogens (tertiary/aromatic N) is 2. The van der Waals surface area contributed by atoms with Crippen LogP contribution in [-0.2, 0) is 11.3 Å². The van der Waals surface area contributed by atoms with Crippen molar-refractivity contribution in [2.75, 3.05) is 18.5 Å². The quantitative estimate of drug-likeness (QED) is 0.485. The number of benzene rings is 2. The molecule has 9 heteroatoms.